The molecule has 0 spiro atoms. The summed E-state index contributed by atoms with van der Waals surface area (Å²) in [6, 6.07) is 6.43. The summed E-state index contributed by atoms with van der Waals surface area (Å²) in [5.41, 5.74) is 6.77. The van der Waals surface area contributed by atoms with Crippen LogP contribution < -0.4 is 16.0 Å². The molecule has 18 heavy (non-hydrogen) atoms. The van der Waals surface area contributed by atoms with Crippen LogP contribution in [0.5, 0.6) is 0 Å². The largest absolute Gasteiger partial charge is 0.447 e. The minimum Gasteiger partial charge on any atom is -0.447 e. The predicted molar refractivity (Wildman–Crippen MR) is 67.4 cm³/mol. The normalized spacial score (nSPS) is 16.3. The van der Waals surface area contributed by atoms with Crippen molar-refractivity contribution in [3.05, 3.63) is 24.3 Å². The average molecular weight is 249 g/mol. The fraction of sp³-hybridized carbons (Fsp3) is 0.333. The molecule has 2 rings (SSSR count). The molecule has 2 amide bonds. The van der Waals surface area contributed by atoms with E-state index in [-0.39, 0.29) is 12.0 Å². The highest BCUT2D eigenvalue weighted by Crippen LogP contribution is 2.22. The van der Waals surface area contributed by atoms with Gasteiger partial charge < -0.3 is 15.8 Å². The first-order valence-corrected chi connectivity index (χ1v) is 5.69. The SMILES string of the molecule is CC(N)C(=O)Nc1cccc(N2CCOC2=O)c1. The van der Waals surface area contributed by atoms with Crippen LogP contribution in [0.15, 0.2) is 24.3 Å². The van der Waals surface area contributed by atoms with Gasteiger partial charge in [-0.1, -0.05) is 6.07 Å². The Morgan fingerprint density at radius 2 is 2.33 bits per heavy atom. The van der Waals surface area contributed by atoms with Gasteiger partial charge in [0, 0.05) is 11.4 Å². The van der Waals surface area contributed by atoms with Crippen molar-refractivity contribution >= 4 is 23.4 Å². The Balaban J connectivity index is 2.15. The third-order valence-corrected chi connectivity index (χ3v) is 2.60. The fourth-order valence-corrected chi connectivity index (χ4v) is 1.64. The number of cyclic esters (lactones) is 1. The van der Waals surface area contributed by atoms with Crippen LogP contribution in [0, 0.1) is 0 Å². The number of nitrogens with zero attached hydrogens (tertiary/aromatic N) is 1. The van der Waals surface area contributed by atoms with E-state index in [1.165, 1.54) is 4.90 Å². The molecule has 1 aliphatic heterocycles. The van der Waals surface area contributed by atoms with E-state index < -0.39 is 6.04 Å². The summed E-state index contributed by atoms with van der Waals surface area (Å²) < 4.78 is 4.86. The molecule has 0 bridgehead atoms. The number of ether oxygens (including phenoxy) is 1. The summed E-state index contributed by atoms with van der Waals surface area (Å²) in [5.74, 6) is -0.267. The predicted octanol–water partition coefficient (Wildman–Crippen LogP) is 0.929. The van der Waals surface area contributed by atoms with Crippen molar-refractivity contribution < 1.29 is 14.3 Å². The highest BCUT2D eigenvalue weighted by molar-refractivity contribution is 5.96. The van der Waals surface area contributed by atoms with Crippen LogP contribution >= 0.6 is 0 Å². The Morgan fingerprint density at radius 1 is 1.56 bits per heavy atom. The minimum atomic E-state index is -0.578. The van der Waals surface area contributed by atoms with Gasteiger partial charge in [0.1, 0.15) is 6.61 Å². The molecule has 6 heteroatoms. The van der Waals surface area contributed by atoms with Gasteiger partial charge >= 0.3 is 6.09 Å². The Kier molecular flexibility index (Phi) is 3.47. The molecular weight excluding hydrogens is 234 g/mol. The molecule has 1 aromatic carbocycles. The van der Waals surface area contributed by atoms with Crippen molar-refractivity contribution in [1.82, 2.24) is 0 Å². The second kappa shape index (κ2) is 5.05. The topological polar surface area (TPSA) is 84.7 Å². The first kappa shape index (κ1) is 12.4. The van der Waals surface area contributed by atoms with Crippen molar-refractivity contribution in [2.45, 2.75) is 13.0 Å². The van der Waals surface area contributed by atoms with Crippen LogP contribution in [0.1, 0.15) is 6.92 Å². The summed E-state index contributed by atoms with van der Waals surface area (Å²) >= 11 is 0. The van der Waals surface area contributed by atoms with Crippen molar-refractivity contribution in [3.8, 4) is 0 Å². The van der Waals surface area contributed by atoms with E-state index in [0.717, 1.165) is 0 Å². The number of hydrogen-bond donors (Lipinski definition) is 2. The van der Waals surface area contributed by atoms with Gasteiger partial charge in [-0.15, -0.1) is 0 Å². The van der Waals surface area contributed by atoms with Gasteiger partial charge in [-0.05, 0) is 25.1 Å². The van der Waals surface area contributed by atoms with Crippen molar-refractivity contribution in [1.29, 1.82) is 0 Å². The van der Waals surface area contributed by atoms with Gasteiger partial charge in [-0.3, -0.25) is 9.69 Å². The number of anilines is 2. The Bertz CT molecular complexity index is 473. The van der Waals surface area contributed by atoms with Gasteiger partial charge in [0.15, 0.2) is 0 Å². The van der Waals surface area contributed by atoms with Crippen LogP contribution in [-0.2, 0) is 9.53 Å². The lowest BCUT2D eigenvalue weighted by atomic mass is 10.2. The van der Waals surface area contributed by atoms with Gasteiger partial charge in [0.05, 0.1) is 12.6 Å². The number of nitrogens with two attached hydrogens (primary N) is 1. The molecule has 3 N–H and O–H groups in total. The lowest BCUT2D eigenvalue weighted by Crippen LogP contribution is -2.32. The Labute approximate surface area is 105 Å². The highest BCUT2D eigenvalue weighted by atomic mass is 16.6. The number of carbonyl (C=O) groups excluding carboxylic acids is 2. The minimum absolute atomic E-state index is 0.267. The van der Waals surface area contributed by atoms with Gasteiger partial charge in [0.2, 0.25) is 5.91 Å². The summed E-state index contributed by atoms with van der Waals surface area (Å²) in [6.45, 7) is 2.51. The monoisotopic (exact) mass is 249 g/mol. The maximum atomic E-state index is 11.5. The zero-order chi connectivity index (χ0) is 13.1. The lowest BCUT2D eigenvalue weighted by Gasteiger charge is -2.14. The van der Waals surface area contributed by atoms with E-state index in [1.807, 2.05) is 0 Å². The number of amides is 2. The average Bonchev–Trinajstić information content (AvgIpc) is 2.75. The maximum absolute atomic E-state index is 11.5. The molecular formula is C12H15N3O3. The molecule has 1 saturated heterocycles. The van der Waals surface area contributed by atoms with Crippen molar-refractivity contribution in [3.63, 3.8) is 0 Å². The zero-order valence-electron chi connectivity index (χ0n) is 10.1. The van der Waals surface area contributed by atoms with E-state index in [9.17, 15) is 9.59 Å². The first-order chi connectivity index (χ1) is 8.58. The molecule has 0 radical (unpaired) electrons. The molecule has 96 valence electrons. The molecule has 0 saturated carbocycles. The summed E-state index contributed by atoms with van der Waals surface area (Å²) in [7, 11) is 0. The number of nitrogens with one attached hydrogen (secondary N) is 1. The zero-order valence-corrected chi connectivity index (χ0v) is 10.1. The Hall–Kier alpha value is -2.08. The van der Waals surface area contributed by atoms with Gasteiger partial charge in [-0.25, -0.2) is 4.79 Å². The molecule has 1 aliphatic rings. The molecule has 1 atom stereocenters. The summed E-state index contributed by atoms with van der Waals surface area (Å²) in [4.78, 5) is 24.4. The molecule has 0 aliphatic carbocycles. The number of hydrogen-bond acceptors (Lipinski definition) is 4. The molecule has 0 aromatic heterocycles. The van der Waals surface area contributed by atoms with Crippen LogP contribution in [0.3, 0.4) is 0 Å². The van der Waals surface area contributed by atoms with Crippen LogP contribution in [0.25, 0.3) is 0 Å². The summed E-state index contributed by atoms with van der Waals surface area (Å²) in [6.07, 6.45) is -0.370. The number of benzene rings is 1. The van der Waals surface area contributed by atoms with E-state index in [2.05, 4.69) is 5.32 Å². The molecule has 1 fully saturated rings. The van der Waals surface area contributed by atoms with Crippen LogP contribution in [-0.4, -0.2) is 31.2 Å². The smallest absolute Gasteiger partial charge is 0.414 e. The highest BCUT2D eigenvalue weighted by Gasteiger charge is 2.23. The van der Waals surface area contributed by atoms with Gasteiger partial charge in [-0.2, -0.15) is 0 Å². The fourth-order valence-electron chi connectivity index (χ4n) is 1.64. The van der Waals surface area contributed by atoms with E-state index in [0.29, 0.717) is 24.5 Å². The second-order valence-corrected chi connectivity index (χ2v) is 4.09. The van der Waals surface area contributed by atoms with Crippen molar-refractivity contribution in [2.75, 3.05) is 23.4 Å². The summed E-state index contributed by atoms with van der Waals surface area (Å²) in [5, 5.41) is 2.68. The standard InChI is InChI=1S/C12H15N3O3/c1-8(13)11(16)14-9-3-2-4-10(7-9)15-5-6-18-12(15)17/h2-4,7-8H,5-6,13H2,1H3,(H,14,16). The third kappa shape index (κ3) is 2.60. The van der Waals surface area contributed by atoms with Crippen molar-refractivity contribution in [2.24, 2.45) is 5.73 Å². The molecule has 1 unspecified atom stereocenters. The molecule has 1 aromatic rings. The molecule has 1 heterocycles. The maximum Gasteiger partial charge on any atom is 0.414 e. The Morgan fingerprint density at radius 3 is 2.94 bits per heavy atom. The third-order valence-electron chi connectivity index (χ3n) is 2.60. The van der Waals surface area contributed by atoms with Gasteiger partial charge in [0.25, 0.3) is 0 Å². The number of rotatable bonds is 3. The van der Waals surface area contributed by atoms with E-state index in [4.69, 9.17) is 10.5 Å². The van der Waals surface area contributed by atoms with Crippen LogP contribution in [0.4, 0.5) is 16.2 Å². The lowest BCUT2D eigenvalue weighted by molar-refractivity contribution is -0.117. The van der Waals surface area contributed by atoms with E-state index >= 15 is 0 Å². The number of carbonyl (C=O) groups is 2. The second-order valence-electron chi connectivity index (χ2n) is 4.09. The van der Waals surface area contributed by atoms with Crippen LogP contribution in [0.2, 0.25) is 0 Å². The first-order valence-electron chi connectivity index (χ1n) is 5.69. The molecule has 6 nitrogen and oxygen atoms in total. The van der Waals surface area contributed by atoms with E-state index in [1.54, 1.807) is 31.2 Å². The quantitative estimate of drug-likeness (QED) is 0.834.